The second kappa shape index (κ2) is 8.55. The Morgan fingerprint density at radius 1 is 1.12 bits per heavy atom. The van der Waals surface area contributed by atoms with Crippen LogP contribution in [0.2, 0.25) is 0 Å². The highest BCUT2D eigenvalue weighted by atomic mass is 19.1. The Hall–Kier alpha value is -2.51. The van der Waals surface area contributed by atoms with Gasteiger partial charge in [0, 0.05) is 6.07 Å². The van der Waals surface area contributed by atoms with Crippen LogP contribution in [0.5, 0.6) is 0 Å². The lowest BCUT2D eigenvalue weighted by Gasteiger charge is -2.22. The van der Waals surface area contributed by atoms with Crippen LogP contribution in [-0.2, 0) is 30.3 Å². The number of nitrogens with one attached hydrogen (secondary N) is 1. The molecular formula is C17H21F2NO5. The minimum atomic E-state index is -1.26. The van der Waals surface area contributed by atoms with Gasteiger partial charge in [0.2, 0.25) is 5.91 Å². The summed E-state index contributed by atoms with van der Waals surface area (Å²) in [5.74, 6) is -3.85. The molecule has 8 heteroatoms. The van der Waals surface area contributed by atoms with Gasteiger partial charge in [-0.25, -0.2) is 13.6 Å². The van der Waals surface area contributed by atoms with E-state index in [1.165, 1.54) is 0 Å². The number of methoxy groups -OCH3 is 1. The average Bonchev–Trinajstić information content (AvgIpc) is 2.42. The van der Waals surface area contributed by atoms with Crippen LogP contribution in [0.1, 0.15) is 32.8 Å². The third-order valence-electron chi connectivity index (χ3n) is 2.90. The number of benzene rings is 1. The Bertz CT molecular complexity index is 635. The second-order valence-electron chi connectivity index (χ2n) is 6.39. The van der Waals surface area contributed by atoms with Crippen molar-refractivity contribution >= 4 is 17.8 Å². The fourth-order valence-corrected chi connectivity index (χ4v) is 2.03. The maximum Gasteiger partial charge on any atom is 0.328 e. The third kappa shape index (κ3) is 7.73. The van der Waals surface area contributed by atoms with E-state index in [2.05, 4.69) is 10.1 Å². The first kappa shape index (κ1) is 20.5. The molecule has 0 aliphatic carbocycles. The fraction of sp³-hybridized carbons (Fsp3) is 0.471. The number of rotatable bonds is 6. The van der Waals surface area contributed by atoms with E-state index in [4.69, 9.17) is 4.74 Å². The van der Waals surface area contributed by atoms with Gasteiger partial charge in [0.1, 0.15) is 23.3 Å². The molecule has 0 aliphatic heterocycles. The molecule has 1 aromatic rings. The molecule has 0 fully saturated rings. The summed E-state index contributed by atoms with van der Waals surface area (Å²) in [6.45, 7) is 4.99. The van der Waals surface area contributed by atoms with Gasteiger partial charge in [-0.15, -0.1) is 0 Å². The quantitative estimate of drug-likeness (QED) is 0.787. The van der Waals surface area contributed by atoms with E-state index in [-0.39, 0.29) is 12.0 Å². The topological polar surface area (TPSA) is 81.7 Å². The zero-order chi connectivity index (χ0) is 19.2. The van der Waals surface area contributed by atoms with E-state index < -0.39 is 47.5 Å². The minimum Gasteiger partial charge on any atom is -0.467 e. The SMILES string of the molecule is COC(=O)[C@@H](CC(=O)OC(C)(C)C)NC(=O)Cc1cc(F)cc(F)c1. The Labute approximate surface area is 144 Å². The van der Waals surface area contributed by atoms with Crippen LogP contribution in [0.15, 0.2) is 18.2 Å². The molecule has 0 radical (unpaired) electrons. The van der Waals surface area contributed by atoms with Crippen LogP contribution in [0.25, 0.3) is 0 Å². The molecule has 1 N–H and O–H groups in total. The first-order valence-corrected chi connectivity index (χ1v) is 7.54. The summed E-state index contributed by atoms with van der Waals surface area (Å²) in [4.78, 5) is 35.6. The molecule has 0 saturated carbocycles. The number of carbonyl (C=O) groups excluding carboxylic acids is 3. The van der Waals surface area contributed by atoms with Crippen LogP contribution in [0, 0.1) is 11.6 Å². The Morgan fingerprint density at radius 3 is 2.16 bits per heavy atom. The van der Waals surface area contributed by atoms with Crippen molar-refractivity contribution in [2.45, 2.75) is 45.3 Å². The molecule has 1 rings (SSSR count). The number of hydrogen-bond donors (Lipinski definition) is 1. The van der Waals surface area contributed by atoms with E-state index in [1.54, 1.807) is 20.8 Å². The Kier molecular flexibility index (Phi) is 7.02. The highest BCUT2D eigenvalue weighted by Crippen LogP contribution is 2.11. The van der Waals surface area contributed by atoms with Crippen LogP contribution in [0.3, 0.4) is 0 Å². The van der Waals surface area contributed by atoms with Crippen LogP contribution < -0.4 is 5.32 Å². The summed E-state index contributed by atoms with van der Waals surface area (Å²) in [5, 5.41) is 2.31. The van der Waals surface area contributed by atoms with Gasteiger partial charge in [0.15, 0.2) is 0 Å². The molecule has 0 spiro atoms. The van der Waals surface area contributed by atoms with Crippen LogP contribution in [0.4, 0.5) is 8.78 Å². The molecule has 138 valence electrons. The number of esters is 2. The number of carbonyl (C=O) groups is 3. The van der Waals surface area contributed by atoms with Gasteiger partial charge in [0.25, 0.3) is 0 Å². The number of ether oxygens (including phenoxy) is 2. The Balaban J connectivity index is 2.75. The fourth-order valence-electron chi connectivity index (χ4n) is 2.03. The van der Waals surface area contributed by atoms with Crippen LogP contribution >= 0.6 is 0 Å². The van der Waals surface area contributed by atoms with Gasteiger partial charge in [-0.05, 0) is 38.5 Å². The molecule has 0 saturated heterocycles. The van der Waals surface area contributed by atoms with Crippen molar-refractivity contribution in [3.63, 3.8) is 0 Å². The van der Waals surface area contributed by atoms with Crippen molar-refractivity contribution < 1.29 is 32.6 Å². The number of amides is 1. The predicted octanol–water partition coefficient (Wildman–Crippen LogP) is 1.90. The smallest absolute Gasteiger partial charge is 0.328 e. The van der Waals surface area contributed by atoms with Crippen molar-refractivity contribution in [1.82, 2.24) is 5.32 Å². The molecule has 0 bridgehead atoms. The van der Waals surface area contributed by atoms with Crippen molar-refractivity contribution in [2.75, 3.05) is 7.11 Å². The summed E-state index contributed by atoms with van der Waals surface area (Å²) in [7, 11) is 1.11. The molecule has 0 unspecified atom stereocenters. The maximum absolute atomic E-state index is 13.1. The highest BCUT2D eigenvalue weighted by Gasteiger charge is 2.27. The van der Waals surface area contributed by atoms with Gasteiger partial charge in [-0.2, -0.15) is 0 Å². The average molecular weight is 357 g/mol. The first-order valence-electron chi connectivity index (χ1n) is 7.54. The molecular weight excluding hydrogens is 336 g/mol. The molecule has 0 heterocycles. The predicted molar refractivity (Wildman–Crippen MR) is 84.5 cm³/mol. The normalized spacial score (nSPS) is 12.2. The monoisotopic (exact) mass is 357 g/mol. The van der Waals surface area contributed by atoms with Gasteiger partial charge in [0.05, 0.1) is 20.0 Å². The van der Waals surface area contributed by atoms with Crippen molar-refractivity contribution in [2.24, 2.45) is 0 Å². The van der Waals surface area contributed by atoms with Crippen molar-refractivity contribution in [3.05, 3.63) is 35.4 Å². The molecule has 1 amide bonds. The lowest BCUT2D eigenvalue weighted by molar-refractivity contribution is -0.159. The van der Waals surface area contributed by atoms with Gasteiger partial charge < -0.3 is 14.8 Å². The lowest BCUT2D eigenvalue weighted by atomic mass is 10.1. The molecule has 1 aromatic carbocycles. The summed E-state index contributed by atoms with van der Waals surface area (Å²) in [5.41, 5.74) is -0.656. The highest BCUT2D eigenvalue weighted by molar-refractivity contribution is 5.88. The summed E-state index contributed by atoms with van der Waals surface area (Å²) in [6, 6.07) is 1.43. The molecule has 25 heavy (non-hydrogen) atoms. The molecule has 1 atom stereocenters. The van der Waals surface area contributed by atoms with E-state index in [9.17, 15) is 23.2 Å². The zero-order valence-electron chi connectivity index (χ0n) is 14.5. The summed E-state index contributed by atoms with van der Waals surface area (Å²) in [6.07, 6.45) is -0.788. The van der Waals surface area contributed by atoms with Crippen molar-refractivity contribution in [3.8, 4) is 0 Å². The summed E-state index contributed by atoms with van der Waals surface area (Å²) >= 11 is 0. The minimum absolute atomic E-state index is 0.0934. The molecule has 6 nitrogen and oxygen atoms in total. The first-order chi connectivity index (χ1) is 11.5. The van der Waals surface area contributed by atoms with E-state index in [0.29, 0.717) is 6.07 Å². The number of halogens is 2. The van der Waals surface area contributed by atoms with Gasteiger partial charge in [-0.1, -0.05) is 0 Å². The largest absolute Gasteiger partial charge is 0.467 e. The third-order valence-corrected chi connectivity index (χ3v) is 2.90. The van der Waals surface area contributed by atoms with E-state index in [1.807, 2.05) is 0 Å². The lowest BCUT2D eigenvalue weighted by Crippen LogP contribution is -2.44. The second-order valence-corrected chi connectivity index (χ2v) is 6.39. The molecule has 0 aliphatic rings. The van der Waals surface area contributed by atoms with Crippen LogP contribution in [-0.4, -0.2) is 36.6 Å². The maximum atomic E-state index is 13.1. The van der Waals surface area contributed by atoms with Crippen molar-refractivity contribution in [1.29, 1.82) is 0 Å². The zero-order valence-corrected chi connectivity index (χ0v) is 14.5. The summed E-state index contributed by atoms with van der Waals surface area (Å²) < 4.78 is 35.9. The van der Waals surface area contributed by atoms with Gasteiger partial charge in [-0.3, -0.25) is 9.59 Å². The standard InChI is InChI=1S/C17H21F2NO5/c1-17(2,3)25-15(22)9-13(16(23)24-4)20-14(21)7-10-5-11(18)8-12(19)6-10/h5-6,8,13H,7,9H2,1-4H3,(H,20,21)/t13-/m1/s1. The molecule has 0 aromatic heterocycles. The van der Waals surface area contributed by atoms with E-state index >= 15 is 0 Å². The van der Waals surface area contributed by atoms with E-state index in [0.717, 1.165) is 19.2 Å². The Morgan fingerprint density at radius 2 is 1.68 bits per heavy atom. The number of hydrogen-bond acceptors (Lipinski definition) is 5. The van der Waals surface area contributed by atoms with Gasteiger partial charge >= 0.3 is 11.9 Å².